The zero-order chi connectivity index (χ0) is 20.1. The van der Waals surface area contributed by atoms with Crippen LogP contribution in [0.3, 0.4) is 0 Å². The molecule has 29 heavy (non-hydrogen) atoms. The van der Waals surface area contributed by atoms with E-state index in [2.05, 4.69) is 44.0 Å². The Kier molecular flexibility index (Phi) is 6.39. The van der Waals surface area contributed by atoms with Crippen LogP contribution in [0.4, 0.5) is 5.95 Å². The smallest absolute Gasteiger partial charge is 0.272 e. The monoisotopic (exact) mass is 393 g/mol. The molecular formula is C23H31N5O. The van der Waals surface area contributed by atoms with Gasteiger partial charge < -0.3 is 9.80 Å². The number of piperazine rings is 1. The zero-order valence-electron chi connectivity index (χ0n) is 17.4. The molecule has 1 amide bonds. The number of amides is 1. The molecule has 1 aromatic carbocycles. The fourth-order valence-corrected chi connectivity index (χ4v) is 4.19. The number of rotatable bonds is 4. The molecular weight excluding hydrogens is 362 g/mol. The van der Waals surface area contributed by atoms with Crippen LogP contribution in [-0.4, -0.2) is 64.9 Å². The van der Waals surface area contributed by atoms with Gasteiger partial charge in [-0.25, -0.2) is 9.97 Å². The van der Waals surface area contributed by atoms with Crippen molar-refractivity contribution in [2.75, 3.05) is 44.2 Å². The van der Waals surface area contributed by atoms with E-state index in [1.807, 2.05) is 24.0 Å². The Labute approximate surface area is 173 Å². The summed E-state index contributed by atoms with van der Waals surface area (Å²) in [5, 5.41) is 0. The zero-order valence-corrected chi connectivity index (χ0v) is 17.4. The number of anilines is 1. The highest BCUT2D eigenvalue weighted by molar-refractivity contribution is 5.92. The third-order valence-corrected chi connectivity index (χ3v) is 5.86. The van der Waals surface area contributed by atoms with Crippen molar-refractivity contribution in [2.45, 2.75) is 39.2 Å². The van der Waals surface area contributed by atoms with E-state index in [4.69, 9.17) is 0 Å². The van der Waals surface area contributed by atoms with Crippen molar-refractivity contribution in [1.82, 2.24) is 19.8 Å². The standard InChI is InChI=1S/C23H31N5O/c1-19-17-21(25-23(24-19)28-11-7-2-3-8-12-28)22(29)27-15-13-26(14-16-27)18-20-9-5-4-6-10-20/h4-6,9-10,17H,2-3,7-8,11-16,18H2,1H3. The first-order valence-corrected chi connectivity index (χ1v) is 10.9. The third-order valence-electron chi connectivity index (χ3n) is 5.86. The minimum atomic E-state index is 0.0333. The normalized spacial score (nSPS) is 18.5. The molecule has 3 heterocycles. The molecule has 0 spiro atoms. The third kappa shape index (κ3) is 5.12. The molecule has 6 heteroatoms. The molecule has 0 radical (unpaired) electrons. The van der Waals surface area contributed by atoms with Gasteiger partial charge in [-0.15, -0.1) is 0 Å². The van der Waals surface area contributed by atoms with Crippen molar-refractivity contribution in [2.24, 2.45) is 0 Å². The highest BCUT2D eigenvalue weighted by atomic mass is 16.2. The van der Waals surface area contributed by atoms with E-state index < -0.39 is 0 Å². The lowest BCUT2D eigenvalue weighted by Crippen LogP contribution is -2.48. The summed E-state index contributed by atoms with van der Waals surface area (Å²) in [5.74, 6) is 0.754. The summed E-state index contributed by atoms with van der Waals surface area (Å²) < 4.78 is 0. The average molecular weight is 394 g/mol. The second-order valence-electron chi connectivity index (χ2n) is 8.15. The molecule has 0 N–H and O–H groups in total. The molecule has 0 bridgehead atoms. The van der Waals surface area contributed by atoms with Crippen molar-refractivity contribution >= 4 is 11.9 Å². The summed E-state index contributed by atoms with van der Waals surface area (Å²) >= 11 is 0. The van der Waals surface area contributed by atoms with Gasteiger partial charge in [-0.3, -0.25) is 9.69 Å². The number of aryl methyl sites for hydroxylation is 1. The van der Waals surface area contributed by atoms with E-state index in [1.54, 1.807) is 0 Å². The van der Waals surface area contributed by atoms with E-state index in [-0.39, 0.29) is 5.91 Å². The predicted octanol–water partition coefficient (Wildman–Crippen LogP) is 3.12. The fourth-order valence-electron chi connectivity index (χ4n) is 4.19. The Morgan fingerprint density at radius 2 is 1.59 bits per heavy atom. The van der Waals surface area contributed by atoms with Gasteiger partial charge in [0.15, 0.2) is 0 Å². The van der Waals surface area contributed by atoms with Crippen molar-refractivity contribution in [3.05, 3.63) is 53.3 Å². The van der Waals surface area contributed by atoms with E-state index in [0.29, 0.717) is 5.69 Å². The molecule has 2 fully saturated rings. The van der Waals surface area contributed by atoms with Crippen molar-refractivity contribution in [1.29, 1.82) is 0 Å². The quantitative estimate of drug-likeness (QED) is 0.799. The topological polar surface area (TPSA) is 52.6 Å². The summed E-state index contributed by atoms with van der Waals surface area (Å²) in [7, 11) is 0. The first-order valence-electron chi connectivity index (χ1n) is 10.9. The lowest BCUT2D eigenvalue weighted by molar-refractivity contribution is 0.0622. The molecule has 1 aromatic heterocycles. The molecule has 0 saturated carbocycles. The summed E-state index contributed by atoms with van der Waals surface area (Å²) in [4.78, 5) is 29.0. The van der Waals surface area contributed by atoms with Crippen LogP contribution in [0.2, 0.25) is 0 Å². The largest absolute Gasteiger partial charge is 0.341 e. The van der Waals surface area contributed by atoms with Crippen LogP contribution in [0.1, 0.15) is 47.4 Å². The minimum absolute atomic E-state index is 0.0333. The maximum atomic E-state index is 13.1. The average Bonchev–Trinajstić information content (AvgIpc) is 3.04. The van der Waals surface area contributed by atoms with Gasteiger partial charge in [-0.05, 0) is 31.4 Å². The summed E-state index contributed by atoms with van der Waals surface area (Å²) in [6, 6.07) is 12.4. The molecule has 154 valence electrons. The van der Waals surface area contributed by atoms with E-state index in [0.717, 1.165) is 57.5 Å². The maximum absolute atomic E-state index is 13.1. The summed E-state index contributed by atoms with van der Waals surface area (Å²) in [6.45, 7) is 8.13. The highest BCUT2D eigenvalue weighted by Crippen LogP contribution is 2.18. The Hall–Kier alpha value is -2.47. The molecule has 4 rings (SSSR count). The molecule has 0 atom stereocenters. The van der Waals surface area contributed by atoms with E-state index in [9.17, 15) is 4.79 Å². The Balaban J connectivity index is 1.39. The van der Waals surface area contributed by atoms with Crippen LogP contribution >= 0.6 is 0 Å². The van der Waals surface area contributed by atoms with Crippen LogP contribution < -0.4 is 4.90 Å². The fraction of sp³-hybridized carbons (Fsp3) is 0.522. The molecule has 6 nitrogen and oxygen atoms in total. The van der Waals surface area contributed by atoms with Crippen LogP contribution in [0.15, 0.2) is 36.4 Å². The lowest BCUT2D eigenvalue weighted by Gasteiger charge is -2.34. The van der Waals surface area contributed by atoms with Gasteiger partial charge in [0, 0.05) is 51.5 Å². The second-order valence-corrected chi connectivity index (χ2v) is 8.15. The van der Waals surface area contributed by atoms with Gasteiger partial charge in [0.05, 0.1) is 0 Å². The Morgan fingerprint density at radius 3 is 2.28 bits per heavy atom. The van der Waals surface area contributed by atoms with Crippen LogP contribution in [0.5, 0.6) is 0 Å². The first-order chi connectivity index (χ1) is 14.2. The summed E-state index contributed by atoms with van der Waals surface area (Å²) in [6.07, 6.45) is 4.87. The number of carbonyl (C=O) groups excluding carboxylic acids is 1. The van der Waals surface area contributed by atoms with Gasteiger partial charge in [-0.2, -0.15) is 0 Å². The molecule has 2 aliphatic rings. The van der Waals surface area contributed by atoms with E-state index in [1.165, 1.54) is 31.2 Å². The molecule has 0 unspecified atom stereocenters. The van der Waals surface area contributed by atoms with Crippen LogP contribution in [0, 0.1) is 6.92 Å². The van der Waals surface area contributed by atoms with Crippen LogP contribution in [-0.2, 0) is 6.54 Å². The first kappa shape index (κ1) is 19.8. The maximum Gasteiger partial charge on any atom is 0.272 e. The van der Waals surface area contributed by atoms with E-state index >= 15 is 0 Å². The number of hydrogen-bond donors (Lipinski definition) is 0. The van der Waals surface area contributed by atoms with Gasteiger partial charge in [0.25, 0.3) is 5.91 Å². The van der Waals surface area contributed by atoms with Gasteiger partial charge >= 0.3 is 0 Å². The number of hydrogen-bond acceptors (Lipinski definition) is 5. The van der Waals surface area contributed by atoms with Gasteiger partial charge in [0.2, 0.25) is 5.95 Å². The second kappa shape index (κ2) is 9.35. The molecule has 0 aliphatic carbocycles. The number of nitrogens with zero attached hydrogens (tertiary/aromatic N) is 5. The minimum Gasteiger partial charge on any atom is -0.341 e. The Morgan fingerprint density at radius 1 is 0.897 bits per heavy atom. The molecule has 2 aliphatic heterocycles. The van der Waals surface area contributed by atoms with Gasteiger partial charge in [-0.1, -0.05) is 43.2 Å². The van der Waals surface area contributed by atoms with Gasteiger partial charge in [0.1, 0.15) is 5.69 Å². The SMILES string of the molecule is Cc1cc(C(=O)N2CCN(Cc3ccccc3)CC2)nc(N2CCCCCC2)n1. The molecule has 2 saturated heterocycles. The highest BCUT2D eigenvalue weighted by Gasteiger charge is 2.24. The number of aromatic nitrogens is 2. The van der Waals surface area contributed by atoms with Crippen LogP contribution in [0.25, 0.3) is 0 Å². The number of carbonyl (C=O) groups is 1. The van der Waals surface area contributed by atoms with Crippen molar-refractivity contribution < 1.29 is 4.79 Å². The Bertz CT molecular complexity index is 809. The number of benzene rings is 1. The molecule has 2 aromatic rings. The lowest BCUT2D eigenvalue weighted by atomic mass is 10.2. The summed E-state index contributed by atoms with van der Waals surface area (Å²) in [5.41, 5.74) is 2.72. The predicted molar refractivity (Wildman–Crippen MR) is 115 cm³/mol. The van der Waals surface area contributed by atoms with Crippen molar-refractivity contribution in [3.63, 3.8) is 0 Å². The van der Waals surface area contributed by atoms with Crippen molar-refractivity contribution in [3.8, 4) is 0 Å².